The number of phenols is 1. The predicted octanol–water partition coefficient (Wildman–Crippen LogP) is 2.66. The zero-order valence-corrected chi connectivity index (χ0v) is 9.76. The molecule has 1 rings (SSSR count). The molecule has 6 heteroatoms. The number of phenolic OH excluding ortho intramolecular Hbond substituents is 1. The van der Waals surface area contributed by atoms with Crippen LogP contribution in [0.4, 0.5) is 16.2 Å². The van der Waals surface area contributed by atoms with E-state index in [0.717, 1.165) is 0 Å². The topological polar surface area (TPSA) is 70.6 Å². The zero-order chi connectivity index (χ0) is 12.1. The lowest BCUT2D eigenvalue weighted by Crippen LogP contribution is -2.13. The molecule has 0 aliphatic heterocycles. The van der Waals surface area contributed by atoms with Crippen LogP contribution in [-0.4, -0.2) is 24.9 Å². The summed E-state index contributed by atoms with van der Waals surface area (Å²) in [6.07, 6.45) is -0.633. The SMILES string of the molecule is CCOC(=O)Nc1cc(Cl)c(NC)cc1O. The molecule has 3 N–H and O–H groups in total. The molecule has 0 radical (unpaired) electrons. The quantitative estimate of drug-likeness (QED) is 0.715. The Balaban J connectivity index is 2.89. The molecular weight excluding hydrogens is 232 g/mol. The van der Waals surface area contributed by atoms with Crippen LogP contribution in [0.15, 0.2) is 12.1 Å². The van der Waals surface area contributed by atoms with E-state index in [4.69, 9.17) is 11.6 Å². The molecule has 1 aromatic rings. The van der Waals surface area contributed by atoms with Gasteiger partial charge in [-0.1, -0.05) is 11.6 Å². The summed E-state index contributed by atoms with van der Waals surface area (Å²) in [4.78, 5) is 11.1. The molecule has 16 heavy (non-hydrogen) atoms. The molecule has 0 aliphatic rings. The van der Waals surface area contributed by atoms with E-state index in [1.165, 1.54) is 12.1 Å². The van der Waals surface area contributed by atoms with Gasteiger partial charge in [-0.15, -0.1) is 0 Å². The molecule has 1 amide bonds. The molecule has 0 heterocycles. The van der Waals surface area contributed by atoms with Gasteiger partial charge in [0.25, 0.3) is 0 Å². The third-order valence-corrected chi connectivity index (χ3v) is 2.18. The van der Waals surface area contributed by atoms with Crippen LogP contribution in [0.2, 0.25) is 5.02 Å². The highest BCUT2D eigenvalue weighted by molar-refractivity contribution is 6.33. The van der Waals surface area contributed by atoms with Crippen molar-refractivity contribution in [2.24, 2.45) is 0 Å². The molecule has 0 aromatic heterocycles. The lowest BCUT2D eigenvalue weighted by molar-refractivity contribution is 0.168. The second kappa shape index (κ2) is 5.46. The molecule has 5 nitrogen and oxygen atoms in total. The molecule has 0 unspecified atom stereocenters. The Morgan fingerprint density at radius 1 is 1.50 bits per heavy atom. The minimum Gasteiger partial charge on any atom is -0.506 e. The number of carbonyl (C=O) groups is 1. The zero-order valence-electron chi connectivity index (χ0n) is 9.00. The molecule has 0 saturated heterocycles. The van der Waals surface area contributed by atoms with Crippen LogP contribution in [0.25, 0.3) is 0 Å². The number of aromatic hydroxyl groups is 1. The van der Waals surface area contributed by atoms with Gasteiger partial charge < -0.3 is 15.2 Å². The van der Waals surface area contributed by atoms with E-state index in [1.807, 2.05) is 0 Å². The minimum atomic E-state index is -0.633. The van der Waals surface area contributed by atoms with E-state index in [2.05, 4.69) is 15.4 Å². The summed E-state index contributed by atoms with van der Waals surface area (Å²) < 4.78 is 4.68. The fourth-order valence-corrected chi connectivity index (χ4v) is 1.39. The van der Waals surface area contributed by atoms with E-state index in [9.17, 15) is 9.90 Å². The van der Waals surface area contributed by atoms with E-state index in [0.29, 0.717) is 10.7 Å². The lowest BCUT2D eigenvalue weighted by Gasteiger charge is -2.10. The number of halogens is 1. The Morgan fingerprint density at radius 2 is 2.19 bits per heavy atom. The van der Waals surface area contributed by atoms with Crippen molar-refractivity contribution in [3.63, 3.8) is 0 Å². The lowest BCUT2D eigenvalue weighted by atomic mass is 10.2. The van der Waals surface area contributed by atoms with Gasteiger partial charge >= 0.3 is 6.09 Å². The van der Waals surface area contributed by atoms with Crippen molar-refractivity contribution in [1.82, 2.24) is 0 Å². The average Bonchev–Trinajstić information content (AvgIpc) is 2.23. The van der Waals surface area contributed by atoms with E-state index in [1.54, 1.807) is 14.0 Å². The molecule has 0 spiro atoms. The predicted molar refractivity (Wildman–Crippen MR) is 63.3 cm³/mol. The number of benzene rings is 1. The molecule has 0 saturated carbocycles. The summed E-state index contributed by atoms with van der Waals surface area (Å²) in [7, 11) is 1.68. The van der Waals surface area contributed by atoms with Crippen molar-refractivity contribution in [3.8, 4) is 5.75 Å². The van der Waals surface area contributed by atoms with Crippen LogP contribution >= 0.6 is 11.6 Å². The number of ether oxygens (including phenoxy) is 1. The normalized spacial score (nSPS) is 9.69. The summed E-state index contributed by atoms with van der Waals surface area (Å²) in [6.45, 7) is 1.95. The number of anilines is 2. The van der Waals surface area contributed by atoms with E-state index >= 15 is 0 Å². The Hall–Kier alpha value is -1.62. The molecule has 1 aromatic carbocycles. The maximum absolute atomic E-state index is 11.1. The van der Waals surface area contributed by atoms with E-state index < -0.39 is 6.09 Å². The monoisotopic (exact) mass is 244 g/mol. The summed E-state index contributed by atoms with van der Waals surface area (Å²) >= 11 is 5.90. The number of carbonyl (C=O) groups excluding carboxylic acids is 1. The van der Waals surface area contributed by atoms with Crippen molar-refractivity contribution >= 4 is 29.1 Å². The second-order valence-electron chi connectivity index (χ2n) is 2.94. The molecule has 0 aliphatic carbocycles. The highest BCUT2D eigenvalue weighted by Crippen LogP contribution is 2.33. The van der Waals surface area contributed by atoms with E-state index in [-0.39, 0.29) is 18.0 Å². The second-order valence-corrected chi connectivity index (χ2v) is 3.35. The van der Waals surface area contributed by atoms with Crippen molar-refractivity contribution in [1.29, 1.82) is 0 Å². The standard InChI is InChI=1S/C10H13ClN2O3/c1-3-16-10(15)13-8-4-6(11)7(12-2)5-9(8)14/h4-5,12,14H,3H2,1-2H3,(H,13,15). The van der Waals surface area contributed by atoms with Crippen LogP contribution in [0, 0.1) is 0 Å². The first-order valence-corrected chi connectivity index (χ1v) is 5.10. The van der Waals surface area contributed by atoms with Gasteiger partial charge in [-0.05, 0) is 13.0 Å². The van der Waals surface area contributed by atoms with Gasteiger partial charge in [0.1, 0.15) is 5.75 Å². The Kier molecular flexibility index (Phi) is 4.25. The summed E-state index contributed by atoms with van der Waals surface area (Å²) in [5, 5.41) is 15.2. The van der Waals surface area contributed by atoms with Gasteiger partial charge in [0.2, 0.25) is 0 Å². The highest BCUT2D eigenvalue weighted by atomic mass is 35.5. The van der Waals surface area contributed by atoms with Crippen molar-refractivity contribution in [2.45, 2.75) is 6.92 Å². The van der Waals surface area contributed by atoms with Gasteiger partial charge in [0.15, 0.2) is 0 Å². The minimum absolute atomic E-state index is 0.0817. The molecule has 0 bridgehead atoms. The first-order valence-electron chi connectivity index (χ1n) is 4.72. The average molecular weight is 245 g/mol. The van der Waals surface area contributed by atoms with Gasteiger partial charge in [0, 0.05) is 13.1 Å². The summed E-state index contributed by atoms with van der Waals surface area (Å²) in [6, 6.07) is 2.86. The van der Waals surface area contributed by atoms with Gasteiger partial charge in [-0.3, -0.25) is 5.32 Å². The Morgan fingerprint density at radius 3 is 2.75 bits per heavy atom. The van der Waals surface area contributed by atoms with Crippen LogP contribution in [0.5, 0.6) is 5.75 Å². The van der Waals surface area contributed by atoms with Crippen LogP contribution in [0.3, 0.4) is 0 Å². The van der Waals surface area contributed by atoms with Crippen LogP contribution < -0.4 is 10.6 Å². The molecule has 0 atom stereocenters. The largest absolute Gasteiger partial charge is 0.506 e. The maximum atomic E-state index is 11.1. The van der Waals surface area contributed by atoms with Gasteiger partial charge in [0.05, 0.1) is 23.0 Å². The van der Waals surface area contributed by atoms with Gasteiger partial charge in [-0.2, -0.15) is 0 Å². The first-order chi connectivity index (χ1) is 7.58. The summed E-state index contributed by atoms with van der Waals surface area (Å²) in [5.41, 5.74) is 0.788. The highest BCUT2D eigenvalue weighted by Gasteiger charge is 2.10. The fourth-order valence-electron chi connectivity index (χ4n) is 1.13. The number of hydrogen-bond donors (Lipinski definition) is 3. The van der Waals surface area contributed by atoms with Crippen LogP contribution in [-0.2, 0) is 4.74 Å². The third kappa shape index (κ3) is 2.93. The Bertz CT molecular complexity index is 396. The summed E-state index contributed by atoms with van der Waals surface area (Å²) in [5.74, 6) is -0.0817. The molecule has 0 fully saturated rings. The number of rotatable bonds is 3. The fraction of sp³-hybridized carbons (Fsp3) is 0.300. The number of hydrogen-bond acceptors (Lipinski definition) is 4. The smallest absolute Gasteiger partial charge is 0.411 e. The number of amides is 1. The third-order valence-electron chi connectivity index (χ3n) is 1.87. The van der Waals surface area contributed by atoms with Crippen molar-refractivity contribution in [3.05, 3.63) is 17.2 Å². The van der Waals surface area contributed by atoms with Crippen molar-refractivity contribution in [2.75, 3.05) is 24.3 Å². The first kappa shape index (κ1) is 12.4. The van der Waals surface area contributed by atoms with Gasteiger partial charge in [-0.25, -0.2) is 4.79 Å². The van der Waals surface area contributed by atoms with Crippen LogP contribution in [0.1, 0.15) is 6.92 Å². The Labute approximate surface area is 98.4 Å². The maximum Gasteiger partial charge on any atom is 0.411 e. The van der Waals surface area contributed by atoms with Crippen molar-refractivity contribution < 1.29 is 14.6 Å². The molecular formula is C10H13ClN2O3. The molecule has 88 valence electrons. The number of nitrogens with one attached hydrogen (secondary N) is 2.